The molecule has 2 amide bonds. The van der Waals surface area contributed by atoms with Crippen LogP contribution in [-0.2, 0) is 16.1 Å². The fourth-order valence-electron chi connectivity index (χ4n) is 5.47. The lowest BCUT2D eigenvalue weighted by molar-refractivity contribution is -0.274. The van der Waals surface area contributed by atoms with E-state index < -0.39 is 12.4 Å². The highest BCUT2D eigenvalue weighted by Gasteiger charge is 2.45. The molecular formula is C24H33F3N4O4. The summed E-state index contributed by atoms with van der Waals surface area (Å²) in [6.45, 7) is 2.57. The summed E-state index contributed by atoms with van der Waals surface area (Å²) in [4.78, 5) is 31.6. The number of carbonyl (C=O) groups excluding carboxylic acids is 2. The van der Waals surface area contributed by atoms with Gasteiger partial charge in [-0.05, 0) is 50.4 Å². The third-order valence-corrected chi connectivity index (χ3v) is 7.38. The summed E-state index contributed by atoms with van der Waals surface area (Å²) in [5.41, 5.74) is 0.640. The van der Waals surface area contributed by atoms with Gasteiger partial charge in [-0.2, -0.15) is 0 Å². The number of fused-ring (bicyclic) bond motifs is 1. The van der Waals surface area contributed by atoms with Crippen LogP contribution in [0.1, 0.15) is 37.7 Å². The highest BCUT2D eigenvalue weighted by molar-refractivity contribution is 5.83. The number of piperidine rings is 1. The van der Waals surface area contributed by atoms with Crippen LogP contribution in [-0.4, -0.2) is 95.4 Å². The molecule has 3 aliphatic rings. The van der Waals surface area contributed by atoms with Crippen molar-refractivity contribution in [2.24, 2.45) is 0 Å². The van der Waals surface area contributed by atoms with E-state index >= 15 is 0 Å². The quantitative estimate of drug-likeness (QED) is 0.622. The second-order valence-electron chi connectivity index (χ2n) is 9.68. The first-order valence-electron chi connectivity index (χ1n) is 12.1. The zero-order valence-electron chi connectivity index (χ0n) is 19.8. The van der Waals surface area contributed by atoms with Crippen LogP contribution >= 0.6 is 0 Å². The van der Waals surface area contributed by atoms with E-state index in [1.165, 1.54) is 18.2 Å². The van der Waals surface area contributed by atoms with Gasteiger partial charge in [0.1, 0.15) is 11.8 Å². The maximum Gasteiger partial charge on any atom is 0.573 e. The summed E-state index contributed by atoms with van der Waals surface area (Å²) < 4.78 is 41.8. The molecular weight excluding hydrogens is 465 g/mol. The number of likely N-dealkylation sites (tertiary alicyclic amines) is 2. The number of nitrogens with one attached hydrogen (secondary N) is 1. The molecule has 0 spiro atoms. The van der Waals surface area contributed by atoms with Crippen molar-refractivity contribution in [2.75, 3.05) is 33.2 Å². The molecule has 35 heavy (non-hydrogen) atoms. The Balaban J connectivity index is 1.36. The average Bonchev–Trinajstić information content (AvgIpc) is 3.16. The molecule has 0 aromatic heterocycles. The van der Waals surface area contributed by atoms with E-state index in [0.29, 0.717) is 64.0 Å². The number of likely N-dealkylation sites (N-methyl/N-ethyl adjacent to an activating group) is 1. The van der Waals surface area contributed by atoms with Crippen molar-refractivity contribution in [2.45, 2.75) is 69.2 Å². The van der Waals surface area contributed by atoms with E-state index in [1.54, 1.807) is 11.0 Å². The van der Waals surface area contributed by atoms with Crippen molar-refractivity contribution in [3.8, 4) is 5.75 Å². The Hall–Kier alpha value is -2.37. The molecule has 3 heterocycles. The summed E-state index contributed by atoms with van der Waals surface area (Å²) in [7, 11) is 1.98. The molecule has 11 heteroatoms. The maximum absolute atomic E-state index is 13.0. The highest BCUT2D eigenvalue weighted by atomic mass is 19.4. The smallest absolute Gasteiger partial charge is 0.406 e. The minimum atomic E-state index is -4.76. The van der Waals surface area contributed by atoms with Gasteiger partial charge in [0.15, 0.2) is 0 Å². The average molecular weight is 499 g/mol. The third-order valence-electron chi connectivity index (χ3n) is 7.38. The van der Waals surface area contributed by atoms with Gasteiger partial charge in [0.2, 0.25) is 11.8 Å². The predicted molar refractivity (Wildman–Crippen MR) is 121 cm³/mol. The maximum atomic E-state index is 13.0. The van der Waals surface area contributed by atoms with Crippen molar-refractivity contribution in [3.63, 3.8) is 0 Å². The van der Waals surface area contributed by atoms with E-state index in [4.69, 9.17) is 0 Å². The Bertz CT molecular complexity index is 907. The number of halogens is 3. The number of hydrogen-bond acceptors (Lipinski definition) is 6. The predicted octanol–water partition coefficient (Wildman–Crippen LogP) is 1.72. The fraction of sp³-hybridized carbons (Fsp3) is 0.667. The molecule has 0 unspecified atom stereocenters. The molecule has 0 radical (unpaired) electrons. The second-order valence-corrected chi connectivity index (χ2v) is 9.68. The van der Waals surface area contributed by atoms with Crippen molar-refractivity contribution < 1.29 is 32.6 Å². The molecule has 3 atom stereocenters. The number of ether oxygens (including phenoxy) is 1. The first kappa shape index (κ1) is 25.7. The minimum absolute atomic E-state index is 0.0109. The summed E-state index contributed by atoms with van der Waals surface area (Å²) >= 11 is 0. The van der Waals surface area contributed by atoms with Crippen molar-refractivity contribution in [1.29, 1.82) is 0 Å². The number of benzene rings is 1. The van der Waals surface area contributed by atoms with Gasteiger partial charge >= 0.3 is 6.36 Å². The summed E-state index contributed by atoms with van der Waals surface area (Å²) in [6.07, 6.45) is -2.12. The zero-order valence-corrected chi connectivity index (χ0v) is 19.8. The summed E-state index contributed by atoms with van der Waals surface area (Å²) in [5, 5.41) is 12.7. The molecule has 0 bridgehead atoms. The van der Waals surface area contributed by atoms with Crippen LogP contribution in [0.15, 0.2) is 24.3 Å². The van der Waals surface area contributed by atoms with Crippen LogP contribution in [0.5, 0.6) is 5.75 Å². The molecule has 3 saturated heterocycles. The molecule has 194 valence electrons. The number of aliphatic hydroxyl groups is 1. The zero-order chi connectivity index (χ0) is 25.2. The van der Waals surface area contributed by atoms with Gasteiger partial charge in [0.05, 0.1) is 6.10 Å². The molecule has 2 N–H and O–H groups in total. The Morgan fingerprint density at radius 3 is 2.66 bits per heavy atom. The lowest BCUT2D eigenvalue weighted by atomic mass is 10.0. The number of amides is 2. The molecule has 3 fully saturated rings. The van der Waals surface area contributed by atoms with Crippen LogP contribution in [0.4, 0.5) is 13.2 Å². The summed E-state index contributed by atoms with van der Waals surface area (Å²) in [6, 6.07) is 5.40. The molecule has 3 aliphatic heterocycles. The molecule has 4 rings (SSSR count). The number of alkyl halides is 3. The lowest BCUT2D eigenvalue weighted by Crippen LogP contribution is -2.49. The van der Waals surface area contributed by atoms with E-state index in [1.807, 2.05) is 11.9 Å². The number of rotatable bonds is 6. The van der Waals surface area contributed by atoms with E-state index in [2.05, 4.69) is 15.0 Å². The molecule has 8 nitrogen and oxygen atoms in total. The normalized spacial score (nSPS) is 26.8. The molecule has 0 saturated carbocycles. The number of aliphatic hydroxyl groups excluding tert-OH is 1. The third kappa shape index (κ3) is 6.45. The molecule has 0 aliphatic carbocycles. The van der Waals surface area contributed by atoms with Gasteiger partial charge in [0.25, 0.3) is 0 Å². The van der Waals surface area contributed by atoms with Crippen LogP contribution < -0.4 is 10.1 Å². The first-order valence-corrected chi connectivity index (χ1v) is 12.1. The number of hydrogen-bond donors (Lipinski definition) is 2. The number of carbonyl (C=O) groups is 2. The Kier molecular flexibility index (Phi) is 7.87. The largest absolute Gasteiger partial charge is 0.573 e. The number of nitrogens with zero attached hydrogens (tertiary/aromatic N) is 3. The van der Waals surface area contributed by atoms with Crippen LogP contribution in [0, 0.1) is 0 Å². The van der Waals surface area contributed by atoms with Crippen LogP contribution in [0.3, 0.4) is 0 Å². The molecule has 1 aromatic carbocycles. The second kappa shape index (κ2) is 10.7. The van der Waals surface area contributed by atoms with Crippen molar-refractivity contribution in [1.82, 2.24) is 20.0 Å². The standard InChI is InChI=1S/C24H33F3N4O4/c1-29-17(5-6-21(33)30-10-7-18(32)8-11-30)14-28-23(34)22-20(29)9-12-31(22)15-16-3-2-4-19(13-16)35-24(25,26)27/h2-4,13,17-18,20,22,32H,5-12,14-15H2,1H3,(H,28,34)/t17-,20+,22-/m0/s1. The van der Waals surface area contributed by atoms with Gasteiger partial charge in [-0.15, -0.1) is 13.2 Å². The van der Waals surface area contributed by atoms with Crippen molar-refractivity contribution >= 4 is 11.8 Å². The van der Waals surface area contributed by atoms with Gasteiger partial charge in [-0.1, -0.05) is 12.1 Å². The van der Waals surface area contributed by atoms with Crippen LogP contribution in [0.2, 0.25) is 0 Å². The van der Waals surface area contributed by atoms with Gasteiger partial charge in [0, 0.05) is 51.2 Å². The van der Waals surface area contributed by atoms with E-state index in [-0.39, 0.29) is 35.8 Å². The monoisotopic (exact) mass is 498 g/mol. The van der Waals surface area contributed by atoms with Gasteiger partial charge in [-0.3, -0.25) is 19.4 Å². The van der Waals surface area contributed by atoms with Gasteiger partial charge in [-0.25, -0.2) is 0 Å². The van der Waals surface area contributed by atoms with Crippen LogP contribution in [0.25, 0.3) is 0 Å². The van der Waals surface area contributed by atoms with E-state index in [0.717, 1.165) is 6.42 Å². The minimum Gasteiger partial charge on any atom is -0.406 e. The summed E-state index contributed by atoms with van der Waals surface area (Å²) in [5.74, 6) is -0.298. The Morgan fingerprint density at radius 2 is 1.94 bits per heavy atom. The van der Waals surface area contributed by atoms with E-state index in [9.17, 15) is 27.9 Å². The lowest BCUT2D eigenvalue weighted by Gasteiger charge is -2.34. The van der Waals surface area contributed by atoms with Gasteiger partial charge < -0.3 is 20.1 Å². The molecule has 1 aromatic rings. The fourth-order valence-corrected chi connectivity index (χ4v) is 5.47. The first-order chi connectivity index (χ1) is 16.6. The highest BCUT2D eigenvalue weighted by Crippen LogP contribution is 2.30. The SMILES string of the molecule is CN1[C@@H](CCC(=O)N2CCC(O)CC2)CNC(=O)[C@@H]2[C@H]1CCN2Cc1cccc(OC(F)(F)F)c1. The topological polar surface area (TPSA) is 85.3 Å². The van der Waals surface area contributed by atoms with Crippen molar-refractivity contribution in [3.05, 3.63) is 29.8 Å². The Labute approximate surface area is 203 Å². The Morgan fingerprint density at radius 1 is 1.20 bits per heavy atom.